The van der Waals surface area contributed by atoms with Gasteiger partial charge in [-0.3, -0.25) is 0 Å². The Balaban J connectivity index is 2.09. The van der Waals surface area contributed by atoms with Crippen molar-refractivity contribution in [3.8, 4) is 51.0 Å². The number of ether oxygens (including phenoxy) is 4. The average molecular weight is 521 g/mol. The molecule has 0 heterocycles. The molecule has 8 nitrogen and oxygen atoms in total. The lowest BCUT2D eigenvalue weighted by atomic mass is 9.96. The Hall–Kier alpha value is -3.50. The topological polar surface area (TPSA) is 101 Å². The number of methoxy groups -OCH3 is 2. The Kier molecular flexibility index (Phi) is 9.00. The summed E-state index contributed by atoms with van der Waals surface area (Å²) in [5.74, 6) is -0.262. The van der Waals surface area contributed by atoms with E-state index in [0.717, 1.165) is 19.1 Å². The van der Waals surface area contributed by atoms with Crippen LogP contribution < -0.4 is 18.4 Å². The lowest BCUT2D eigenvalue weighted by molar-refractivity contribution is 0.0496. The molecule has 10 heteroatoms. The molecule has 0 unspecified atom stereocenters. The van der Waals surface area contributed by atoms with Crippen molar-refractivity contribution in [2.24, 2.45) is 0 Å². The Morgan fingerprint density at radius 1 is 0.944 bits per heavy atom. The number of phenolic OH excluding ortho intramolecular Hbond substituents is 1. The highest BCUT2D eigenvalue weighted by Gasteiger charge is 2.23. The highest BCUT2D eigenvalue weighted by molar-refractivity contribution is 7.86. The van der Waals surface area contributed by atoms with E-state index in [1.165, 1.54) is 38.5 Å². The largest absolute Gasteiger partial charge is 0.504 e. The van der Waals surface area contributed by atoms with Crippen molar-refractivity contribution in [1.29, 1.82) is 0 Å². The van der Waals surface area contributed by atoms with Gasteiger partial charge < -0.3 is 28.2 Å². The number of phenols is 1. The predicted octanol–water partition coefficient (Wildman–Crippen LogP) is 5.37. The summed E-state index contributed by atoms with van der Waals surface area (Å²) in [5, 5.41) is 11.2. The van der Waals surface area contributed by atoms with Crippen molar-refractivity contribution in [2.75, 3.05) is 33.9 Å². The SMILES string of the molecule is CCCCOc1ccc(-c2c(OC)cc(-c3ccc(OS(C)(=O)=O)cc3)c(OCOC)c2O)cc1F. The van der Waals surface area contributed by atoms with Crippen LogP contribution in [0.4, 0.5) is 4.39 Å². The van der Waals surface area contributed by atoms with Crippen LogP contribution in [0.15, 0.2) is 48.5 Å². The third-order valence-electron chi connectivity index (χ3n) is 5.15. The zero-order chi connectivity index (χ0) is 26.3. The van der Waals surface area contributed by atoms with Gasteiger partial charge in [0.15, 0.2) is 29.9 Å². The van der Waals surface area contributed by atoms with E-state index in [-0.39, 0.29) is 41.1 Å². The van der Waals surface area contributed by atoms with Crippen LogP contribution in [-0.2, 0) is 14.9 Å². The molecule has 0 amide bonds. The number of rotatable bonds is 12. The minimum absolute atomic E-state index is 0.0770. The average Bonchev–Trinajstić information content (AvgIpc) is 2.83. The van der Waals surface area contributed by atoms with Gasteiger partial charge in [0.1, 0.15) is 11.5 Å². The van der Waals surface area contributed by atoms with E-state index in [0.29, 0.717) is 23.3 Å². The third-order valence-corrected chi connectivity index (χ3v) is 5.64. The van der Waals surface area contributed by atoms with E-state index in [4.69, 9.17) is 23.1 Å². The molecule has 0 bridgehead atoms. The van der Waals surface area contributed by atoms with Crippen LogP contribution >= 0.6 is 0 Å². The highest BCUT2D eigenvalue weighted by atomic mass is 32.2. The maximum atomic E-state index is 14.8. The van der Waals surface area contributed by atoms with Gasteiger partial charge in [0.2, 0.25) is 0 Å². The second-order valence-corrected chi connectivity index (χ2v) is 9.46. The molecule has 0 aliphatic rings. The minimum Gasteiger partial charge on any atom is -0.504 e. The molecule has 0 spiro atoms. The van der Waals surface area contributed by atoms with E-state index in [2.05, 4.69) is 0 Å². The molecule has 1 N–H and O–H groups in total. The maximum absolute atomic E-state index is 14.8. The van der Waals surface area contributed by atoms with Crippen molar-refractivity contribution < 1.29 is 41.0 Å². The van der Waals surface area contributed by atoms with Crippen LogP contribution in [0.1, 0.15) is 19.8 Å². The molecule has 0 aliphatic heterocycles. The van der Waals surface area contributed by atoms with Crippen LogP contribution in [0.3, 0.4) is 0 Å². The first-order chi connectivity index (χ1) is 17.2. The van der Waals surface area contributed by atoms with E-state index in [1.54, 1.807) is 24.3 Å². The number of halogens is 1. The lowest BCUT2D eigenvalue weighted by Gasteiger charge is -2.19. The first-order valence-electron chi connectivity index (χ1n) is 11.2. The molecule has 36 heavy (non-hydrogen) atoms. The van der Waals surface area contributed by atoms with Gasteiger partial charge in [-0.15, -0.1) is 0 Å². The molecule has 3 rings (SSSR count). The van der Waals surface area contributed by atoms with Gasteiger partial charge in [-0.05, 0) is 47.9 Å². The molecule has 0 atom stereocenters. The second-order valence-electron chi connectivity index (χ2n) is 7.89. The van der Waals surface area contributed by atoms with Crippen molar-refractivity contribution in [1.82, 2.24) is 0 Å². The van der Waals surface area contributed by atoms with Crippen LogP contribution in [0.2, 0.25) is 0 Å². The predicted molar refractivity (Wildman–Crippen MR) is 134 cm³/mol. The smallest absolute Gasteiger partial charge is 0.306 e. The summed E-state index contributed by atoms with van der Waals surface area (Å²) in [5.41, 5.74) is 1.60. The molecule has 0 fully saturated rings. The second kappa shape index (κ2) is 12.0. The van der Waals surface area contributed by atoms with E-state index < -0.39 is 15.9 Å². The third kappa shape index (κ3) is 6.58. The number of hydrogen-bond acceptors (Lipinski definition) is 8. The fourth-order valence-electron chi connectivity index (χ4n) is 3.51. The van der Waals surface area contributed by atoms with Gasteiger partial charge in [-0.2, -0.15) is 8.42 Å². The fraction of sp³-hybridized carbons (Fsp3) is 0.308. The normalized spacial score (nSPS) is 11.2. The quantitative estimate of drug-likeness (QED) is 0.193. The zero-order valence-corrected chi connectivity index (χ0v) is 21.4. The van der Waals surface area contributed by atoms with Crippen molar-refractivity contribution in [2.45, 2.75) is 19.8 Å². The molecule has 0 saturated heterocycles. The van der Waals surface area contributed by atoms with Crippen LogP contribution in [0, 0.1) is 5.82 Å². The Morgan fingerprint density at radius 2 is 1.64 bits per heavy atom. The Bertz CT molecular complexity index is 1290. The minimum atomic E-state index is -3.68. The lowest BCUT2D eigenvalue weighted by Crippen LogP contribution is -2.05. The highest BCUT2D eigenvalue weighted by Crippen LogP contribution is 2.50. The molecule has 0 aromatic heterocycles. The van der Waals surface area contributed by atoms with Crippen molar-refractivity contribution in [3.05, 3.63) is 54.3 Å². The molecular formula is C26H29FO8S. The number of aromatic hydroxyl groups is 1. The van der Waals surface area contributed by atoms with Gasteiger partial charge in [0.05, 0.1) is 25.5 Å². The van der Waals surface area contributed by atoms with E-state index in [1.807, 2.05) is 6.92 Å². The molecule has 0 aliphatic carbocycles. The first kappa shape index (κ1) is 27.1. The number of unbranched alkanes of at least 4 members (excludes halogenated alkanes) is 1. The summed E-state index contributed by atoms with van der Waals surface area (Å²) in [4.78, 5) is 0. The van der Waals surface area contributed by atoms with Crippen LogP contribution in [0.5, 0.6) is 28.7 Å². The monoisotopic (exact) mass is 520 g/mol. The van der Waals surface area contributed by atoms with Gasteiger partial charge in [-0.1, -0.05) is 31.5 Å². The zero-order valence-electron chi connectivity index (χ0n) is 20.5. The van der Waals surface area contributed by atoms with Gasteiger partial charge in [-0.25, -0.2) is 4.39 Å². The molecule has 0 saturated carbocycles. The molecule has 0 radical (unpaired) electrons. The molecule has 3 aromatic carbocycles. The van der Waals surface area contributed by atoms with Crippen molar-refractivity contribution >= 4 is 10.1 Å². The van der Waals surface area contributed by atoms with Crippen LogP contribution in [-0.4, -0.2) is 47.4 Å². The standard InChI is InChI=1S/C26H29FO8S/c1-5-6-13-33-22-12-9-18(14-21(22)27)24-23(32-3)15-20(26(25(24)28)34-16-31-2)17-7-10-19(11-8-17)35-36(4,29)30/h7-12,14-15,28H,5-6,13,16H2,1-4H3. The molecular weight excluding hydrogens is 491 g/mol. The Labute approximate surface area is 210 Å². The fourth-order valence-corrected chi connectivity index (χ4v) is 3.97. The summed E-state index contributed by atoms with van der Waals surface area (Å²) in [6.45, 7) is 2.25. The summed E-state index contributed by atoms with van der Waals surface area (Å²) < 4.78 is 64.2. The van der Waals surface area contributed by atoms with Gasteiger partial charge in [0.25, 0.3) is 0 Å². The van der Waals surface area contributed by atoms with E-state index in [9.17, 15) is 17.9 Å². The maximum Gasteiger partial charge on any atom is 0.306 e. The summed E-state index contributed by atoms with van der Waals surface area (Å²) >= 11 is 0. The van der Waals surface area contributed by atoms with Crippen molar-refractivity contribution in [3.63, 3.8) is 0 Å². The number of hydrogen-bond donors (Lipinski definition) is 1. The number of benzene rings is 3. The summed E-state index contributed by atoms with van der Waals surface area (Å²) in [6.07, 6.45) is 2.68. The Morgan fingerprint density at radius 3 is 2.22 bits per heavy atom. The molecule has 3 aromatic rings. The van der Waals surface area contributed by atoms with Gasteiger partial charge >= 0.3 is 10.1 Å². The van der Waals surface area contributed by atoms with Crippen LogP contribution in [0.25, 0.3) is 22.3 Å². The van der Waals surface area contributed by atoms with E-state index >= 15 is 0 Å². The molecule has 194 valence electrons. The van der Waals surface area contributed by atoms with Gasteiger partial charge in [0, 0.05) is 12.7 Å². The summed E-state index contributed by atoms with van der Waals surface area (Å²) in [6, 6.07) is 12.2. The first-order valence-corrected chi connectivity index (χ1v) is 13.0. The summed E-state index contributed by atoms with van der Waals surface area (Å²) in [7, 11) is -0.817.